The van der Waals surface area contributed by atoms with E-state index in [-0.39, 0.29) is 0 Å². The van der Waals surface area contributed by atoms with Gasteiger partial charge in [-0.3, -0.25) is 0 Å². The molecule has 1 aromatic rings. The number of halogens is 1. The Kier molecular flexibility index (Phi) is 3.89. The van der Waals surface area contributed by atoms with Crippen molar-refractivity contribution in [3.05, 3.63) is 16.5 Å². The maximum absolute atomic E-state index is 6.26. The van der Waals surface area contributed by atoms with E-state index in [9.17, 15) is 0 Å². The molecule has 1 N–H and O–H groups in total. The van der Waals surface area contributed by atoms with Gasteiger partial charge in [0.25, 0.3) is 0 Å². The molecule has 0 bridgehead atoms. The molecule has 0 saturated heterocycles. The molecule has 0 atom stereocenters. The van der Waals surface area contributed by atoms with Crippen molar-refractivity contribution >= 4 is 17.4 Å². The SMILES string of the molecule is CCC1(CNc2nc(C3CC3)nc(Cl)c2C)CCCC1. The number of aromatic nitrogens is 2. The number of anilines is 1. The smallest absolute Gasteiger partial charge is 0.137 e. The van der Waals surface area contributed by atoms with E-state index in [0.29, 0.717) is 16.5 Å². The van der Waals surface area contributed by atoms with E-state index in [2.05, 4.69) is 17.2 Å². The van der Waals surface area contributed by atoms with Crippen LogP contribution in [0.4, 0.5) is 5.82 Å². The third kappa shape index (κ3) is 2.78. The van der Waals surface area contributed by atoms with Crippen molar-refractivity contribution in [1.29, 1.82) is 0 Å². The van der Waals surface area contributed by atoms with Crippen LogP contribution in [0, 0.1) is 12.3 Å². The first-order valence-electron chi connectivity index (χ1n) is 7.91. The molecule has 3 rings (SSSR count). The van der Waals surface area contributed by atoms with Gasteiger partial charge in [0, 0.05) is 18.0 Å². The number of rotatable bonds is 5. The predicted octanol–water partition coefficient (Wildman–Crippen LogP) is 4.70. The Hall–Kier alpha value is -0.830. The maximum Gasteiger partial charge on any atom is 0.137 e. The summed E-state index contributed by atoms with van der Waals surface area (Å²) in [6.45, 7) is 5.33. The van der Waals surface area contributed by atoms with Gasteiger partial charge in [0.05, 0.1) is 0 Å². The normalized spacial score (nSPS) is 21.1. The van der Waals surface area contributed by atoms with Crippen LogP contribution in [0.25, 0.3) is 0 Å². The molecule has 20 heavy (non-hydrogen) atoms. The van der Waals surface area contributed by atoms with E-state index in [4.69, 9.17) is 16.6 Å². The highest BCUT2D eigenvalue weighted by Gasteiger charge is 2.32. The average molecular weight is 294 g/mol. The average Bonchev–Trinajstić information content (AvgIpc) is 3.20. The summed E-state index contributed by atoms with van der Waals surface area (Å²) in [5.74, 6) is 2.42. The van der Waals surface area contributed by atoms with Crippen molar-refractivity contribution in [3.63, 3.8) is 0 Å². The highest BCUT2D eigenvalue weighted by Crippen LogP contribution is 2.42. The summed E-state index contributed by atoms with van der Waals surface area (Å²) < 4.78 is 0. The Balaban J connectivity index is 1.76. The van der Waals surface area contributed by atoms with E-state index >= 15 is 0 Å². The Morgan fingerprint density at radius 1 is 1.25 bits per heavy atom. The van der Waals surface area contributed by atoms with E-state index in [1.807, 2.05) is 6.92 Å². The van der Waals surface area contributed by atoms with Crippen LogP contribution in [-0.4, -0.2) is 16.5 Å². The Morgan fingerprint density at radius 2 is 1.95 bits per heavy atom. The van der Waals surface area contributed by atoms with Crippen molar-refractivity contribution in [2.24, 2.45) is 5.41 Å². The molecule has 0 radical (unpaired) electrons. The summed E-state index contributed by atoms with van der Waals surface area (Å²) in [5, 5.41) is 4.19. The highest BCUT2D eigenvalue weighted by atomic mass is 35.5. The first kappa shape index (κ1) is 14.1. The van der Waals surface area contributed by atoms with Gasteiger partial charge in [-0.1, -0.05) is 31.4 Å². The van der Waals surface area contributed by atoms with Crippen molar-refractivity contribution in [1.82, 2.24) is 9.97 Å². The highest BCUT2D eigenvalue weighted by molar-refractivity contribution is 6.30. The van der Waals surface area contributed by atoms with Gasteiger partial charge >= 0.3 is 0 Å². The summed E-state index contributed by atoms with van der Waals surface area (Å²) in [4.78, 5) is 9.14. The minimum Gasteiger partial charge on any atom is -0.369 e. The number of hydrogen-bond acceptors (Lipinski definition) is 3. The molecular formula is C16H24ClN3. The van der Waals surface area contributed by atoms with Crippen LogP contribution in [0.5, 0.6) is 0 Å². The lowest BCUT2D eigenvalue weighted by Crippen LogP contribution is -2.26. The standard InChI is InChI=1S/C16H24ClN3/c1-3-16(8-4-5-9-16)10-18-14-11(2)13(17)19-15(20-14)12-6-7-12/h12H,3-10H2,1-2H3,(H,18,19,20). The Bertz CT molecular complexity index is 491. The zero-order chi connectivity index (χ0) is 14.2. The molecule has 1 aromatic heterocycles. The molecule has 4 heteroatoms. The summed E-state index contributed by atoms with van der Waals surface area (Å²) in [7, 11) is 0. The van der Waals surface area contributed by atoms with Crippen LogP contribution in [0.1, 0.15) is 69.2 Å². The van der Waals surface area contributed by atoms with Crippen molar-refractivity contribution < 1.29 is 0 Å². The topological polar surface area (TPSA) is 37.8 Å². The molecule has 0 spiro atoms. The molecule has 0 aromatic carbocycles. The Labute approximate surface area is 126 Å². The van der Waals surface area contributed by atoms with Crippen molar-refractivity contribution in [2.75, 3.05) is 11.9 Å². The molecule has 1 heterocycles. The van der Waals surface area contributed by atoms with Gasteiger partial charge in [-0.2, -0.15) is 0 Å². The fourth-order valence-corrected chi connectivity index (χ4v) is 3.43. The number of hydrogen-bond donors (Lipinski definition) is 1. The molecule has 2 aliphatic rings. The van der Waals surface area contributed by atoms with Crippen LogP contribution >= 0.6 is 11.6 Å². The molecular weight excluding hydrogens is 270 g/mol. The fraction of sp³-hybridized carbons (Fsp3) is 0.750. The van der Waals surface area contributed by atoms with E-state index < -0.39 is 0 Å². The first-order chi connectivity index (χ1) is 9.63. The van der Waals surface area contributed by atoms with Crippen LogP contribution < -0.4 is 5.32 Å². The lowest BCUT2D eigenvalue weighted by Gasteiger charge is -2.28. The lowest BCUT2D eigenvalue weighted by atomic mass is 9.83. The summed E-state index contributed by atoms with van der Waals surface area (Å²) in [6, 6.07) is 0. The quantitative estimate of drug-likeness (QED) is 0.800. The third-order valence-electron chi connectivity index (χ3n) is 5.09. The van der Waals surface area contributed by atoms with Crippen molar-refractivity contribution in [3.8, 4) is 0 Å². The lowest BCUT2D eigenvalue weighted by molar-refractivity contribution is 0.306. The molecule has 2 aliphatic carbocycles. The van der Waals surface area contributed by atoms with E-state index in [1.54, 1.807) is 0 Å². The molecule has 3 nitrogen and oxygen atoms in total. The molecule has 0 unspecified atom stereocenters. The molecule has 0 amide bonds. The second-order valence-electron chi connectivity index (χ2n) is 6.53. The van der Waals surface area contributed by atoms with Gasteiger partial charge in [0.2, 0.25) is 0 Å². The van der Waals surface area contributed by atoms with Gasteiger partial charge in [0.15, 0.2) is 0 Å². The zero-order valence-electron chi connectivity index (χ0n) is 12.5. The zero-order valence-corrected chi connectivity index (χ0v) is 13.3. The Morgan fingerprint density at radius 3 is 2.55 bits per heavy atom. The van der Waals surface area contributed by atoms with Crippen LogP contribution in [0.15, 0.2) is 0 Å². The third-order valence-corrected chi connectivity index (χ3v) is 5.46. The van der Waals surface area contributed by atoms with Gasteiger partial charge in [-0.15, -0.1) is 0 Å². The summed E-state index contributed by atoms with van der Waals surface area (Å²) in [5.41, 5.74) is 1.45. The minimum atomic E-state index is 0.462. The van der Waals surface area contributed by atoms with Crippen molar-refractivity contribution in [2.45, 2.75) is 64.7 Å². The summed E-state index contributed by atoms with van der Waals surface area (Å²) in [6.07, 6.45) is 9.06. The molecule has 2 saturated carbocycles. The van der Waals surface area contributed by atoms with E-state index in [0.717, 1.165) is 23.8 Å². The number of nitrogens with one attached hydrogen (secondary N) is 1. The molecule has 110 valence electrons. The second-order valence-corrected chi connectivity index (χ2v) is 6.89. The minimum absolute atomic E-state index is 0.462. The van der Waals surface area contributed by atoms with Crippen LogP contribution in [0.3, 0.4) is 0 Å². The van der Waals surface area contributed by atoms with Gasteiger partial charge in [0.1, 0.15) is 16.8 Å². The van der Waals surface area contributed by atoms with Gasteiger partial charge < -0.3 is 5.32 Å². The first-order valence-corrected chi connectivity index (χ1v) is 8.29. The van der Waals surface area contributed by atoms with Crippen LogP contribution in [0.2, 0.25) is 5.15 Å². The monoisotopic (exact) mass is 293 g/mol. The maximum atomic E-state index is 6.26. The van der Waals surface area contributed by atoms with Gasteiger partial charge in [-0.05, 0) is 44.4 Å². The number of nitrogens with zero attached hydrogens (tertiary/aromatic N) is 2. The van der Waals surface area contributed by atoms with E-state index in [1.165, 1.54) is 44.9 Å². The largest absolute Gasteiger partial charge is 0.369 e. The summed E-state index contributed by atoms with van der Waals surface area (Å²) >= 11 is 6.26. The fourth-order valence-electron chi connectivity index (χ4n) is 3.25. The predicted molar refractivity (Wildman–Crippen MR) is 83.4 cm³/mol. The molecule has 0 aliphatic heterocycles. The van der Waals surface area contributed by atoms with Gasteiger partial charge in [-0.25, -0.2) is 9.97 Å². The van der Waals surface area contributed by atoms with Crippen LogP contribution in [-0.2, 0) is 0 Å². The molecule has 2 fully saturated rings. The second kappa shape index (κ2) is 5.51.